The van der Waals surface area contributed by atoms with E-state index in [9.17, 15) is 19.5 Å². The maximum Gasteiger partial charge on any atom is 0.323 e. The summed E-state index contributed by atoms with van der Waals surface area (Å²) in [5, 5.41) is 14.5. The van der Waals surface area contributed by atoms with Crippen molar-refractivity contribution in [2.75, 3.05) is 25.4 Å². The molecule has 170 valence electrons. The van der Waals surface area contributed by atoms with Crippen molar-refractivity contribution >= 4 is 46.5 Å². The highest BCUT2D eigenvalue weighted by molar-refractivity contribution is 7.99. The lowest BCUT2D eigenvalue weighted by Crippen LogP contribution is -2.52. The van der Waals surface area contributed by atoms with E-state index in [1.54, 1.807) is 23.1 Å². The van der Waals surface area contributed by atoms with E-state index >= 15 is 0 Å². The molecule has 0 spiro atoms. The lowest BCUT2D eigenvalue weighted by molar-refractivity contribution is -0.145. The van der Waals surface area contributed by atoms with Crippen LogP contribution in [0, 0.1) is 0 Å². The van der Waals surface area contributed by atoms with E-state index in [4.69, 9.17) is 4.74 Å². The van der Waals surface area contributed by atoms with Gasteiger partial charge in [-0.15, -0.1) is 23.1 Å². The third-order valence-electron chi connectivity index (χ3n) is 5.04. The van der Waals surface area contributed by atoms with Gasteiger partial charge >= 0.3 is 5.97 Å². The van der Waals surface area contributed by atoms with Crippen molar-refractivity contribution in [3.63, 3.8) is 0 Å². The number of ether oxygens (including phenoxy) is 1. The Morgan fingerprint density at radius 1 is 1.31 bits per heavy atom. The Labute approximate surface area is 195 Å². The van der Waals surface area contributed by atoms with Crippen LogP contribution < -0.4 is 5.32 Å². The van der Waals surface area contributed by atoms with Crippen molar-refractivity contribution in [1.29, 1.82) is 0 Å². The van der Waals surface area contributed by atoms with Gasteiger partial charge in [-0.2, -0.15) is 0 Å². The monoisotopic (exact) mass is 474 g/mol. The fourth-order valence-electron chi connectivity index (χ4n) is 3.55. The molecule has 1 fully saturated rings. The average Bonchev–Trinajstić information content (AvgIpc) is 3.28. The molecule has 2 heterocycles. The number of benzene rings is 1. The zero-order valence-electron chi connectivity index (χ0n) is 17.7. The molecule has 1 amide bonds. The molecule has 0 radical (unpaired) electrons. The largest absolute Gasteiger partial charge is 0.480 e. The van der Waals surface area contributed by atoms with E-state index in [1.807, 2.05) is 60.7 Å². The molecule has 32 heavy (non-hydrogen) atoms. The summed E-state index contributed by atoms with van der Waals surface area (Å²) in [5.41, 5.74) is 1.20. The summed E-state index contributed by atoms with van der Waals surface area (Å²) in [7, 11) is 0. The van der Waals surface area contributed by atoms with Crippen LogP contribution in [0.3, 0.4) is 0 Å². The Balaban J connectivity index is 1.77. The molecular weight excluding hydrogens is 448 g/mol. The third-order valence-corrected chi connectivity index (χ3v) is 7.50. The predicted octanol–water partition coefficient (Wildman–Crippen LogP) is 3.08. The summed E-state index contributed by atoms with van der Waals surface area (Å²) < 4.78 is 5.80. The maximum atomic E-state index is 13.2. The average molecular weight is 475 g/mol. The molecule has 2 aromatic rings. The number of hydrogen-bond donors (Lipinski definition) is 2. The zero-order valence-corrected chi connectivity index (χ0v) is 19.4. The first-order chi connectivity index (χ1) is 15.5. The van der Waals surface area contributed by atoms with Gasteiger partial charge in [-0.05, 0) is 23.9 Å². The van der Waals surface area contributed by atoms with E-state index in [1.165, 1.54) is 4.90 Å². The van der Waals surface area contributed by atoms with Gasteiger partial charge in [0.1, 0.15) is 18.7 Å². The number of rotatable bonds is 10. The van der Waals surface area contributed by atoms with Crippen LogP contribution in [0.2, 0.25) is 0 Å². The minimum absolute atomic E-state index is 0.00499. The lowest BCUT2D eigenvalue weighted by atomic mass is 10.0. The molecule has 1 aromatic heterocycles. The minimum Gasteiger partial charge on any atom is -0.480 e. The molecular formula is C23H26N2O5S2. The van der Waals surface area contributed by atoms with Crippen LogP contribution in [0.15, 0.2) is 47.8 Å². The molecule has 9 heteroatoms. The second-order valence-electron chi connectivity index (χ2n) is 7.26. The van der Waals surface area contributed by atoms with Gasteiger partial charge in [0.15, 0.2) is 0 Å². The van der Waals surface area contributed by atoms with Crippen LogP contribution in [0.4, 0.5) is 0 Å². The number of nitrogens with one attached hydrogen (secondary N) is 1. The summed E-state index contributed by atoms with van der Waals surface area (Å²) >= 11 is 3.21. The number of amides is 1. The van der Waals surface area contributed by atoms with E-state index in [0.717, 1.165) is 10.4 Å². The summed E-state index contributed by atoms with van der Waals surface area (Å²) in [6, 6.07) is 12.5. The van der Waals surface area contributed by atoms with Crippen LogP contribution >= 0.6 is 23.1 Å². The van der Waals surface area contributed by atoms with Gasteiger partial charge in [0.05, 0.1) is 11.3 Å². The smallest absolute Gasteiger partial charge is 0.323 e. The van der Waals surface area contributed by atoms with Gasteiger partial charge in [0.2, 0.25) is 5.91 Å². The second-order valence-corrected chi connectivity index (χ2v) is 9.48. The Bertz CT molecular complexity index is 945. The number of nitrogens with zero attached hydrogens (tertiary/aromatic N) is 1. The van der Waals surface area contributed by atoms with Crippen LogP contribution in [0.1, 0.15) is 29.0 Å². The van der Waals surface area contributed by atoms with Crippen molar-refractivity contribution < 1.29 is 24.2 Å². The zero-order chi connectivity index (χ0) is 22.9. The summed E-state index contributed by atoms with van der Waals surface area (Å²) in [5.74, 6) is 1.13. The highest BCUT2D eigenvalue weighted by Crippen LogP contribution is 2.35. The number of hydrogen-bond acceptors (Lipinski definition) is 7. The number of carboxylic acids is 1. The number of aliphatic carboxylic acids is 1. The van der Waals surface area contributed by atoms with Gasteiger partial charge in [-0.3, -0.25) is 14.9 Å². The molecule has 0 unspecified atom stereocenters. The Hall–Kier alpha value is -2.42. The summed E-state index contributed by atoms with van der Waals surface area (Å²) in [6.45, 7) is 2.21. The Morgan fingerprint density at radius 2 is 2.09 bits per heavy atom. The number of thioether (sulfide) groups is 1. The lowest BCUT2D eigenvalue weighted by Gasteiger charge is -2.27. The van der Waals surface area contributed by atoms with Gasteiger partial charge in [-0.25, -0.2) is 4.79 Å². The fourth-order valence-corrected chi connectivity index (χ4v) is 5.81. The van der Waals surface area contributed by atoms with E-state index in [0.29, 0.717) is 24.5 Å². The standard InChI is InChI=1S/C23H26N2O5S2/c1-2-30-21(11-17(14-26)16-7-4-3-5-8-16)24-18-15-32-20(19-9-6-10-31-19)12-25(23(18)29)13-22(27)28/h3-10,18,20-21,24H,2,11-13,15H2,1H3,(H,27,28)/t18-,20-,21-/m0/s1. The normalized spacial score (nSPS) is 19.8. The van der Waals surface area contributed by atoms with Crippen LogP contribution in [0.25, 0.3) is 5.57 Å². The van der Waals surface area contributed by atoms with Crippen molar-refractivity contribution in [3.05, 3.63) is 58.3 Å². The molecule has 7 nitrogen and oxygen atoms in total. The Morgan fingerprint density at radius 3 is 2.72 bits per heavy atom. The number of thiophene rings is 1. The van der Waals surface area contributed by atoms with Gasteiger partial charge < -0.3 is 14.7 Å². The van der Waals surface area contributed by atoms with Gasteiger partial charge in [0, 0.05) is 35.8 Å². The molecule has 0 bridgehead atoms. The topological polar surface area (TPSA) is 95.9 Å². The first kappa shape index (κ1) is 24.2. The molecule has 0 saturated carbocycles. The molecule has 1 aliphatic rings. The number of carbonyl (C=O) groups excluding carboxylic acids is 2. The number of carbonyl (C=O) groups is 2. The van der Waals surface area contributed by atoms with E-state index in [-0.39, 0.29) is 24.1 Å². The van der Waals surface area contributed by atoms with Crippen molar-refractivity contribution in [2.24, 2.45) is 0 Å². The number of carboxylic acid groups (broad SMARTS) is 1. The van der Waals surface area contributed by atoms with Gasteiger partial charge in [-0.1, -0.05) is 36.4 Å². The SMILES string of the molecule is CCO[C@@H](CC(=C=O)c1ccccc1)N[C@H]1CS[C@H](c2cccs2)CN(CC(=O)O)C1=O. The molecule has 1 saturated heterocycles. The first-order valence-corrected chi connectivity index (χ1v) is 12.3. The van der Waals surface area contributed by atoms with Gasteiger partial charge in [0.25, 0.3) is 0 Å². The molecule has 1 aromatic carbocycles. The highest BCUT2D eigenvalue weighted by Gasteiger charge is 2.34. The molecule has 0 aliphatic carbocycles. The predicted molar refractivity (Wildman–Crippen MR) is 126 cm³/mol. The molecule has 3 rings (SSSR count). The molecule has 2 N–H and O–H groups in total. The summed E-state index contributed by atoms with van der Waals surface area (Å²) in [4.78, 5) is 38.7. The van der Waals surface area contributed by atoms with Crippen molar-refractivity contribution in [1.82, 2.24) is 10.2 Å². The summed E-state index contributed by atoms with van der Waals surface area (Å²) in [6.07, 6.45) is -0.348. The quantitative estimate of drug-likeness (QED) is 0.404. The molecule has 1 aliphatic heterocycles. The third kappa shape index (κ3) is 6.54. The Kier molecular flexibility index (Phi) is 9.08. The van der Waals surface area contributed by atoms with Crippen LogP contribution in [-0.4, -0.2) is 65.5 Å². The van der Waals surface area contributed by atoms with Crippen LogP contribution in [-0.2, 0) is 19.1 Å². The van der Waals surface area contributed by atoms with Crippen LogP contribution in [0.5, 0.6) is 0 Å². The maximum absolute atomic E-state index is 13.2. The first-order valence-electron chi connectivity index (χ1n) is 10.3. The second kappa shape index (κ2) is 12.0. The highest BCUT2D eigenvalue weighted by atomic mass is 32.2. The van der Waals surface area contributed by atoms with E-state index < -0.39 is 18.2 Å². The molecule has 3 atom stereocenters. The van der Waals surface area contributed by atoms with Crippen molar-refractivity contribution in [2.45, 2.75) is 30.9 Å². The fraction of sp³-hybridized carbons (Fsp3) is 0.391. The minimum atomic E-state index is -1.05. The van der Waals surface area contributed by atoms with E-state index in [2.05, 4.69) is 5.32 Å². The van der Waals surface area contributed by atoms with Crippen molar-refractivity contribution in [3.8, 4) is 0 Å².